The molecule has 29 heavy (non-hydrogen) atoms. The lowest BCUT2D eigenvalue weighted by Crippen LogP contribution is -2.43. The van der Waals surface area contributed by atoms with E-state index in [1.165, 1.54) is 5.56 Å². The van der Waals surface area contributed by atoms with Gasteiger partial charge in [0.2, 0.25) is 5.91 Å². The van der Waals surface area contributed by atoms with Crippen LogP contribution in [0.3, 0.4) is 0 Å². The maximum Gasteiger partial charge on any atom is 0.224 e. The first-order valence-electron chi connectivity index (χ1n) is 9.93. The molecule has 3 rings (SSSR count). The molecule has 0 radical (unpaired) electrons. The average Bonchev–Trinajstić information content (AvgIpc) is 2.67. The van der Waals surface area contributed by atoms with Gasteiger partial charge in [0.1, 0.15) is 5.75 Å². The number of hydrogen-bond donors (Lipinski definition) is 2. The standard InChI is InChI=1S/C24H28N2O3/c1-5-6-23(28)25-18-10-7-16(8-11-18)22(27)14-21-20-13-19(29-4)12-9-17(20)15-24(2,3)26-21/h7-14,26H,5-6,15H2,1-4H3,(H,25,28). The third-order valence-electron chi connectivity index (χ3n) is 4.92. The number of hydrogen-bond acceptors (Lipinski definition) is 4. The Balaban J connectivity index is 1.85. The van der Waals surface area contributed by atoms with Crippen molar-refractivity contribution in [3.8, 4) is 5.75 Å². The summed E-state index contributed by atoms with van der Waals surface area (Å²) in [6.45, 7) is 6.20. The largest absolute Gasteiger partial charge is 0.497 e. The number of ether oxygens (including phenoxy) is 1. The second-order valence-electron chi connectivity index (χ2n) is 8.01. The number of carbonyl (C=O) groups is 2. The molecule has 2 aromatic carbocycles. The average molecular weight is 392 g/mol. The van der Waals surface area contributed by atoms with Crippen molar-refractivity contribution in [2.24, 2.45) is 0 Å². The predicted molar refractivity (Wildman–Crippen MR) is 116 cm³/mol. The van der Waals surface area contributed by atoms with Crippen molar-refractivity contribution >= 4 is 23.1 Å². The van der Waals surface area contributed by atoms with E-state index in [1.54, 1.807) is 37.5 Å². The summed E-state index contributed by atoms with van der Waals surface area (Å²) in [5, 5.41) is 6.32. The number of amides is 1. The Morgan fingerprint density at radius 3 is 2.55 bits per heavy atom. The molecule has 0 saturated heterocycles. The molecule has 0 fully saturated rings. The molecule has 5 heteroatoms. The van der Waals surface area contributed by atoms with Gasteiger partial charge in [-0.15, -0.1) is 0 Å². The summed E-state index contributed by atoms with van der Waals surface area (Å²) in [4.78, 5) is 24.6. The maximum absolute atomic E-state index is 12.9. The number of nitrogens with one attached hydrogen (secondary N) is 2. The zero-order chi connectivity index (χ0) is 21.0. The summed E-state index contributed by atoms with van der Waals surface area (Å²) >= 11 is 0. The molecule has 0 atom stereocenters. The zero-order valence-corrected chi connectivity index (χ0v) is 17.5. The van der Waals surface area contributed by atoms with Crippen LogP contribution in [0.2, 0.25) is 0 Å². The Kier molecular flexibility index (Phi) is 6.06. The highest BCUT2D eigenvalue weighted by Crippen LogP contribution is 2.32. The molecule has 0 bridgehead atoms. The van der Waals surface area contributed by atoms with Gasteiger partial charge in [0.25, 0.3) is 0 Å². The van der Waals surface area contributed by atoms with Crippen LogP contribution < -0.4 is 15.4 Å². The number of fused-ring (bicyclic) bond motifs is 1. The van der Waals surface area contributed by atoms with E-state index in [0.717, 1.165) is 29.9 Å². The van der Waals surface area contributed by atoms with E-state index in [2.05, 4.69) is 30.5 Å². The zero-order valence-electron chi connectivity index (χ0n) is 17.5. The van der Waals surface area contributed by atoms with Crippen molar-refractivity contribution < 1.29 is 14.3 Å². The van der Waals surface area contributed by atoms with Gasteiger partial charge in [0, 0.05) is 40.5 Å². The Morgan fingerprint density at radius 2 is 1.90 bits per heavy atom. The monoisotopic (exact) mass is 392 g/mol. The van der Waals surface area contributed by atoms with Crippen molar-refractivity contribution in [1.29, 1.82) is 0 Å². The fourth-order valence-electron chi connectivity index (χ4n) is 3.54. The number of rotatable bonds is 6. The van der Waals surface area contributed by atoms with Gasteiger partial charge in [-0.05, 0) is 68.7 Å². The lowest BCUT2D eigenvalue weighted by molar-refractivity contribution is -0.116. The minimum atomic E-state index is -0.152. The van der Waals surface area contributed by atoms with Crippen molar-refractivity contribution in [2.45, 2.75) is 45.6 Å². The maximum atomic E-state index is 12.9. The highest BCUT2D eigenvalue weighted by Gasteiger charge is 2.28. The second-order valence-corrected chi connectivity index (χ2v) is 8.01. The van der Waals surface area contributed by atoms with Gasteiger partial charge in [-0.3, -0.25) is 9.59 Å². The number of carbonyl (C=O) groups excluding carboxylic acids is 2. The Labute approximate surface area is 172 Å². The number of benzene rings is 2. The molecule has 1 aliphatic rings. The first kappa shape index (κ1) is 20.6. The van der Waals surface area contributed by atoms with Gasteiger partial charge < -0.3 is 15.4 Å². The molecule has 152 valence electrons. The topological polar surface area (TPSA) is 67.4 Å². The van der Waals surface area contributed by atoms with Crippen LogP contribution >= 0.6 is 0 Å². The molecule has 0 spiro atoms. The highest BCUT2D eigenvalue weighted by molar-refractivity contribution is 6.09. The summed E-state index contributed by atoms with van der Waals surface area (Å²) in [7, 11) is 1.64. The molecule has 2 N–H and O–H groups in total. The van der Waals surface area contributed by atoms with Crippen LogP contribution in [0, 0.1) is 0 Å². The third kappa shape index (κ3) is 5.05. The van der Waals surface area contributed by atoms with Crippen molar-refractivity contribution in [3.05, 3.63) is 65.2 Å². The molecule has 0 unspecified atom stereocenters. The molecular weight excluding hydrogens is 364 g/mol. The van der Waals surface area contributed by atoms with E-state index in [1.807, 2.05) is 19.1 Å². The Bertz CT molecular complexity index is 943. The first-order valence-corrected chi connectivity index (χ1v) is 9.93. The number of ketones is 1. The van der Waals surface area contributed by atoms with E-state index in [-0.39, 0.29) is 17.2 Å². The molecule has 1 heterocycles. The molecule has 5 nitrogen and oxygen atoms in total. The lowest BCUT2D eigenvalue weighted by Gasteiger charge is -2.35. The molecule has 0 saturated carbocycles. The fraction of sp³-hybridized carbons (Fsp3) is 0.333. The van der Waals surface area contributed by atoms with Crippen LogP contribution in [0.15, 0.2) is 48.5 Å². The van der Waals surface area contributed by atoms with Crippen LogP contribution in [0.5, 0.6) is 5.75 Å². The van der Waals surface area contributed by atoms with Gasteiger partial charge in [-0.25, -0.2) is 0 Å². The van der Waals surface area contributed by atoms with Gasteiger partial charge in [0.05, 0.1) is 7.11 Å². The van der Waals surface area contributed by atoms with E-state index in [9.17, 15) is 9.59 Å². The van der Waals surface area contributed by atoms with Crippen LogP contribution in [-0.4, -0.2) is 24.3 Å². The number of methoxy groups -OCH3 is 1. The second kappa shape index (κ2) is 8.52. The molecule has 0 aromatic heterocycles. The first-order chi connectivity index (χ1) is 13.8. The third-order valence-corrected chi connectivity index (χ3v) is 4.92. The van der Waals surface area contributed by atoms with Crippen LogP contribution in [-0.2, 0) is 11.2 Å². The summed E-state index contributed by atoms with van der Waals surface area (Å²) in [6, 6.07) is 13.0. The quantitative estimate of drug-likeness (QED) is 0.558. The van der Waals surface area contributed by atoms with Crippen molar-refractivity contribution in [2.75, 3.05) is 12.4 Å². The van der Waals surface area contributed by atoms with E-state index < -0.39 is 0 Å². The highest BCUT2D eigenvalue weighted by atomic mass is 16.5. The predicted octanol–water partition coefficient (Wildman–Crippen LogP) is 4.58. The minimum Gasteiger partial charge on any atom is -0.497 e. The lowest BCUT2D eigenvalue weighted by atomic mass is 9.85. The smallest absolute Gasteiger partial charge is 0.224 e. The molecular formula is C24H28N2O3. The number of anilines is 1. The SMILES string of the molecule is CCCC(=O)Nc1ccc(C(=O)C=C2NC(C)(C)Cc3ccc(OC)cc32)cc1. The molecule has 1 aliphatic heterocycles. The van der Waals surface area contributed by atoms with E-state index in [0.29, 0.717) is 17.7 Å². The van der Waals surface area contributed by atoms with Gasteiger partial charge in [-0.2, -0.15) is 0 Å². The Morgan fingerprint density at radius 1 is 1.17 bits per heavy atom. The summed E-state index contributed by atoms with van der Waals surface area (Å²) < 4.78 is 5.36. The fourth-order valence-corrected chi connectivity index (χ4v) is 3.54. The molecule has 2 aromatic rings. The van der Waals surface area contributed by atoms with Gasteiger partial charge in [0.15, 0.2) is 5.78 Å². The van der Waals surface area contributed by atoms with Gasteiger partial charge in [-0.1, -0.05) is 13.0 Å². The van der Waals surface area contributed by atoms with Crippen LogP contribution in [0.4, 0.5) is 5.69 Å². The van der Waals surface area contributed by atoms with Crippen molar-refractivity contribution in [1.82, 2.24) is 5.32 Å². The Hall–Kier alpha value is -3.08. The van der Waals surface area contributed by atoms with Crippen LogP contribution in [0.1, 0.15) is 55.1 Å². The van der Waals surface area contributed by atoms with E-state index in [4.69, 9.17) is 4.74 Å². The van der Waals surface area contributed by atoms with Crippen molar-refractivity contribution in [3.63, 3.8) is 0 Å². The van der Waals surface area contributed by atoms with Crippen LogP contribution in [0.25, 0.3) is 5.70 Å². The normalized spacial score (nSPS) is 15.9. The number of allylic oxidation sites excluding steroid dienone is 1. The summed E-state index contributed by atoms with van der Waals surface area (Å²) in [5.41, 5.74) is 4.07. The summed E-state index contributed by atoms with van der Waals surface area (Å²) in [6.07, 6.45) is 3.79. The summed E-state index contributed by atoms with van der Waals surface area (Å²) in [5.74, 6) is 0.647. The molecule has 0 aliphatic carbocycles. The molecule has 1 amide bonds. The minimum absolute atomic E-state index is 0.0205. The van der Waals surface area contributed by atoms with E-state index >= 15 is 0 Å². The van der Waals surface area contributed by atoms with Gasteiger partial charge >= 0.3 is 0 Å².